The standard InChI is InChI=1S/C14H21ClN2O/c1-12(5-10-18)16-6-8-17(9-7-16)14-4-2-3-13(15)11-14/h2-4,11-12,18H,5-10H2,1H3/t12-/m1/s1. The van der Waals surface area contributed by atoms with Crippen molar-refractivity contribution in [3.8, 4) is 0 Å². The summed E-state index contributed by atoms with van der Waals surface area (Å²) in [5.74, 6) is 0. The van der Waals surface area contributed by atoms with Crippen molar-refractivity contribution < 1.29 is 5.11 Å². The van der Waals surface area contributed by atoms with Crippen LogP contribution in [0.4, 0.5) is 5.69 Å². The minimum absolute atomic E-state index is 0.273. The van der Waals surface area contributed by atoms with E-state index in [9.17, 15) is 0 Å². The molecule has 0 unspecified atom stereocenters. The summed E-state index contributed by atoms with van der Waals surface area (Å²) in [6, 6.07) is 8.51. The maximum absolute atomic E-state index is 8.98. The maximum atomic E-state index is 8.98. The van der Waals surface area contributed by atoms with Gasteiger partial charge in [0.2, 0.25) is 0 Å². The zero-order chi connectivity index (χ0) is 13.0. The van der Waals surface area contributed by atoms with Crippen molar-refractivity contribution >= 4 is 17.3 Å². The first-order valence-corrected chi connectivity index (χ1v) is 6.94. The van der Waals surface area contributed by atoms with Crippen LogP contribution in [0.1, 0.15) is 13.3 Å². The Kier molecular flexibility index (Phi) is 4.87. The third-order valence-electron chi connectivity index (χ3n) is 3.66. The van der Waals surface area contributed by atoms with E-state index < -0.39 is 0 Å². The van der Waals surface area contributed by atoms with Gasteiger partial charge in [0.25, 0.3) is 0 Å². The fourth-order valence-electron chi connectivity index (χ4n) is 2.46. The number of anilines is 1. The molecule has 1 N–H and O–H groups in total. The molecule has 100 valence electrons. The van der Waals surface area contributed by atoms with E-state index in [0.717, 1.165) is 37.6 Å². The molecule has 0 aromatic heterocycles. The zero-order valence-corrected chi connectivity index (χ0v) is 11.6. The number of hydrogen-bond acceptors (Lipinski definition) is 3. The average Bonchev–Trinajstić information content (AvgIpc) is 2.39. The fourth-order valence-corrected chi connectivity index (χ4v) is 2.65. The Morgan fingerprint density at radius 2 is 2.00 bits per heavy atom. The van der Waals surface area contributed by atoms with E-state index in [1.807, 2.05) is 18.2 Å². The third kappa shape index (κ3) is 3.37. The Morgan fingerprint density at radius 1 is 1.28 bits per heavy atom. The Hall–Kier alpha value is -0.770. The van der Waals surface area contributed by atoms with Gasteiger partial charge in [-0.25, -0.2) is 0 Å². The molecular formula is C14H21ClN2O. The molecule has 4 heteroatoms. The van der Waals surface area contributed by atoms with Crippen molar-refractivity contribution in [1.29, 1.82) is 0 Å². The smallest absolute Gasteiger partial charge is 0.0445 e. The molecule has 3 nitrogen and oxygen atoms in total. The lowest BCUT2D eigenvalue weighted by atomic mass is 10.1. The van der Waals surface area contributed by atoms with Crippen LogP contribution >= 0.6 is 11.6 Å². The number of piperazine rings is 1. The maximum Gasteiger partial charge on any atom is 0.0445 e. The number of aliphatic hydroxyl groups is 1. The first-order valence-electron chi connectivity index (χ1n) is 6.56. The van der Waals surface area contributed by atoms with Crippen LogP contribution in [0.5, 0.6) is 0 Å². The van der Waals surface area contributed by atoms with E-state index >= 15 is 0 Å². The molecule has 1 aromatic rings. The second-order valence-electron chi connectivity index (χ2n) is 4.86. The van der Waals surface area contributed by atoms with Crippen LogP contribution in [-0.4, -0.2) is 48.8 Å². The number of benzene rings is 1. The Labute approximate surface area is 114 Å². The molecule has 1 atom stereocenters. The second-order valence-corrected chi connectivity index (χ2v) is 5.30. The van der Waals surface area contributed by atoms with Crippen molar-refractivity contribution in [2.45, 2.75) is 19.4 Å². The lowest BCUT2D eigenvalue weighted by Crippen LogP contribution is -2.49. The summed E-state index contributed by atoms with van der Waals surface area (Å²) in [5.41, 5.74) is 1.21. The van der Waals surface area contributed by atoms with Crippen LogP contribution in [0.3, 0.4) is 0 Å². The molecule has 0 bridgehead atoms. The zero-order valence-electron chi connectivity index (χ0n) is 10.8. The molecule has 2 rings (SSSR count). The molecule has 1 aliphatic heterocycles. The highest BCUT2D eigenvalue weighted by atomic mass is 35.5. The minimum Gasteiger partial charge on any atom is -0.396 e. The highest BCUT2D eigenvalue weighted by Gasteiger charge is 2.20. The van der Waals surface area contributed by atoms with Crippen LogP contribution in [-0.2, 0) is 0 Å². The van der Waals surface area contributed by atoms with Gasteiger partial charge < -0.3 is 10.0 Å². The van der Waals surface area contributed by atoms with E-state index in [-0.39, 0.29) is 6.61 Å². The molecule has 1 aliphatic rings. The van der Waals surface area contributed by atoms with Crippen LogP contribution in [0.25, 0.3) is 0 Å². The Morgan fingerprint density at radius 3 is 2.61 bits per heavy atom. The number of nitrogens with zero attached hydrogens (tertiary/aromatic N) is 2. The summed E-state index contributed by atoms with van der Waals surface area (Å²) in [4.78, 5) is 4.81. The molecular weight excluding hydrogens is 248 g/mol. The van der Waals surface area contributed by atoms with Gasteiger partial charge in [0.15, 0.2) is 0 Å². The van der Waals surface area contributed by atoms with Crippen LogP contribution < -0.4 is 4.90 Å². The molecule has 18 heavy (non-hydrogen) atoms. The Balaban J connectivity index is 1.90. The van der Waals surface area contributed by atoms with E-state index in [1.54, 1.807) is 0 Å². The summed E-state index contributed by atoms with van der Waals surface area (Å²) >= 11 is 6.02. The first kappa shape index (κ1) is 13.7. The van der Waals surface area contributed by atoms with E-state index in [0.29, 0.717) is 6.04 Å². The van der Waals surface area contributed by atoms with Crippen LogP contribution in [0.2, 0.25) is 5.02 Å². The van der Waals surface area contributed by atoms with E-state index in [4.69, 9.17) is 16.7 Å². The SMILES string of the molecule is C[C@H](CCO)N1CCN(c2cccc(Cl)c2)CC1. The van der Waals surface area contributed by atoms with Crippen LogP contribution in [0, 0.1) is 0 Å². The molecule has 0 aliphatic carbocycles. The van der Waals surface area contributed by atoms with Crippen molar-refractivity contribution in [2.75, 3.05) is 37.7 Å². The molecule has 0 spiro atoms. The minimum atomic E-state index is 0.273. The molecule has 0 amide bonds. The van der Waals surface area contributed by atoms with Gasteiger partial charge in [-0.15, -0.1) is 0 Å². The molecule has 0 saturated carbocycles. The van der Waals surface area contributed by atoms with Gasteiger partial charge in [-0.1, -0.05) is 17.7 Å². The van der Waals surface area contributed by atoms with Gasteiger partial charge in [0.1, 0.15) is 0 Å². The van der Waals surface area contributed by atoms with Gasteiger partial charge in [-0.2, -0.15) is 0 Å². The van der Waals surface area contributed by atoms with Gasteiger partial charge >= 0.3 is 0 Å². The summed E-state index contributed by atoms with van der Waals surface area (Å²) in [7, 11) is 0. The largest absolute Gasteiger partial charge is 0.396 e. The number of rotatable bonds is 4. The molecule has 1 saturated heterocycles. The van der Waals surface area contributed by atoms with Gasteiger partial charge in [-0.05, 0) is 31.5 Å². The molecule has 1 aromatic carbocycles. The van der Waals surface area contributed by atoms with Gasteiger partial charge in [-0.3, -0.25) is 4.90 Å². The monoisotopic (exact) mass is 268 g/mol. The number of hydrogen-bond donors (Lipinski definition) is 1. The lowest BCUT2D eigenvalue weighted by molar-refractivity contribution is 0.160. The van der Waals surface area contributed by atoms with Crippen molar-refractivity contribution in [1.82, 2.24) is 4.90 Å². The number of aliphatic hydroxyl groups excluding tert-OH is 1. The van der Waals surface area contributed by atoms with E-state index in [2.05, 4.69) is 22.8 Å². The lowest BCUT2D eigenvalue weighted by Gasteiger charge is -2.39. The number of halogens is 1. The second kappa shape index (κ2) is 6.41. The average molecular weight is 269 g/mol. The Bertz CT molecular complexity index is 378. The van der Waals surface area contributed by atoms with Gasteiger partial charge in [0, 0.05) is 49.5 Å². The summed E-state index contributed by atoms with van der Waals surface area (Å²) in [6.45, 7) is 6.61. The first-order chi connectivity index (χ1) is 8.70. The highest BCUT2D eigenvalue weighted by molar-refractivity contribution is 6.30. The highest BCUT2D eigenvalue weighted by Crippen LogP contribution is 2.21. The molecule has 0 radical (unpaired) electrons. The predicted octanol–water partition coefficient (Wildman–Crippen LogP) is 2.23. The van der Waals surface area contributed by atoms with Crippen molar-refractivity contribution in [3.05, 3.63) is 29.3 Å². The van der Waals surface area contributed by atoms with Crippen molar-refractivity contribution in [3.63, 3.8) is 0 Å². The summed E-state index contributed by atoms with van der Waals surface area (Å²) in [6.07, 6.45) is 0.858. The van der Waals surface area contributed by atoms with E-state index in [1.165, 1.54) is 5.69 Å². The normalized spacial score (nSPS) is 18.9. The van der Waals surface area contributed by atoms with Gasteiger partial charge in [0.05, 0.1) is 0 Å². The predicted molar refractivity (Wildman–Crippen MR) is 76.4 cm³/mol. The van der Waals surface area contributed by atoms with Crippen molar-refractivity contribution in [2.24, 2.45) is 0 Å². The van der Waals surface area contributed by atoms with Crippen LogP contribution in [0.15, 0.2) is 24.3 Å². The molecule has 1 heterocycles. The quantitative estimate of drug-likeness (QED) is 0.907. The molecule has 1 fully saturated rings. The topological polar surface area (TPSA) is 26.7 Å². The fraction of sp³-hybridized carbons (Fsp3) is 0.571. The third-order valence-corrected chi connectivity index (χ3v) is 3.89. The summed E-state index contributed by atoms with van der Waals surface area (Å²) < 4.78 is 0. The summed E-state index contributed by atoms with van der Waals surface area (Å²) in [5, 5.41) is 9.77.